The molecule has 252 valence electrons. The van der Waals surface area contributed by atoms with Crippen LogP contribution in [0.5, 0.6) is 23.0 Å². The summed E-state index contributed by atoms with van der Waals surface area (Å²) >= 11 is 0. The fraction of sp³-hybridized carbons (Fsp3) is 0.632. The number of rotatable bonds is 8. The van der Waals surface area contributed by atoms with Gasteiger partial charge >= 0.3 is 0 Å². The van der Waals surface area contributed by atoms with Crippen molar-refractivity contribution in [1.82, 2.24) is 9.80 Å². The molecule has 0 unspecified atom stereocenters. The molecule has 4 heterocycles. The van der Waals surface area contributed by atoms with Crippen molar-refractivity contribution in [3.05, 3.63) is 46.5 Å². The molecule has 0 N–H and O–H groups in total. The molecule has 0 aromatic heterocycles. The van der Waals surface area contributed by atoms with E-state index >= 15 is 0 Å². The summed E-state index contributed by atoms with van der Waals surface area (Å²) < 4.78 is 130. The van der Waals surface area contributed by atoms with Crippen molar-refractivity contribution in [3.8, 4) is 23.0 Å². The van der Waals surface area contributed by atoms with Gasteiger partial charge in [0.2, 0.25) is 0 Å². The zero-order valence-electron chi connectivity index (χ0n) is 41.0. The van der Waals surface area contributed by atoms with E-state index in [2.05, 4.69) is 9.80 Å². The third-order valence-electron chi connectivity index (χ3n) is 9.74. The molecular weight excluding hydrogens is 580 g/mol. The summed E-state index contributed by atoms with van der Waals surface area (Å²) in [5, 5.41) is 0. The molecule has 0 saturated carbocycles. The highest BCUT2D eigenvalue weighted by atomic mass is 16.5. The molecule has 4 atom stereocenters. The van der Waals surface area contributed by atoms with Gasteiger partial charge in [0.25, 0.3) is 0 Å². The van der Waals surface area contributed by atoms with Crippen LogP contribution in [0.2, 0.25) is 0 Å². The molecule has 2 saturated heterocycles. The molecule has 46 heavy (non-hydrogen) atoms. The van der Waals surface area contributed by atoms with Gasteiger partial charge in [0.1, 0.15) is 11.6 Å². The standard InChI is InChI=1S/2C19H27NO3/c2*1-12(2)7-14-11-20-6-5-13-8-18(22-3)19(23-4)9-15(13)16(20)10-17(14)21/h2*8-9,12,14,16H,5-7,10-11H2,1-4H3/t2*14-,16-/m10/s1/i2*1D3,2D3,12D. The van der Waals surface area contributed by atoms with Crippen LogP contribution in [-0.4, -0.2) is 76.0 Å². The summed E-state index contributed by atoms with van der Waals surface area (Å²) in [5.74, 6) is -4.99. The van der Waals surface area contributed by atoms with Gasteiger partial charge in [-0.05, 0) is 84.0 Å². The maximum absolute atomic E-state index is 12.9. The number of methoxy groups -OCH3 is 4. The van der Waals surface area contributed by atoms with Crippen molar-refractivity contribution in [2.75, 3.05) is 54.6 Å². The van der Waals surface area contributed by atoms with Gasteiger partial charge in [-0.15, -0.1) is 0 Å². The Balaban J connectivity index is 0.000000228. The Kier molecular flexibility index (Phi) is 6.52. The monoisotopic (exact) mass is 648 g/mol. The quantitative estimate of drug-likeness (QED) is 0.322. The summed E-state index contributed by atoms with van der Waals surface area (Å²) in [4.78, 5) is 30.0. The molecule has 4 aliphatic heterocycles. The normalized spacial score (nSPS) is 30.3. The first-order valence-corrected chi connectivity index (χ1v) is 15.7. The topological polar surface area (TPSA) is 77.5 Å². The molecule has 4 aliphatic rings. The molecule has 8 heteroatoms. The number of Topliss-reactive ketones (excluding diaryl/α,β-unsaturated/α-hetero) is 2. The number of ether oxygens (including phenoxy) is 4. The highest BCUT2D eigenvalue weighted by Gasteiger charge is 2.40. The van der Waals surface area contributed by atoms with Crippen LogP contribution in [0.4, 0.5) is 0 Å². The second-order valence-electron chi connectivity index (χ2n) is 12.4. The minimum absolute atomic E-state index is 0.144. The van der Waals surface area contributed by atoms with Crippen molar-refractivity contribution in [3.63, 3.8) is 0 Å². The SMILES string of the molecule is [2H]C([2H])([2H])C([2H])(C[C@@H]1CN2CCc3cc(OC)c(OC)cc3[C@H]2CC1=O)C([2H])([2H])[2H].[2H]C([2H])([2H])C([2H])(C[C@H]1CN2CCc3cc(OC)c(OC)cc3[C@@H]2CC1=O)C([2H])([2H])[2H]. The van der Waals surface area contributed by atoms with E-state index in [-0.39, 0.29) is 49.6 Å². The summed E-state index contributed by atoms with van der Waals surface area (Å²) in [5.41, 5.74) is 4.07. The first kappa shape index (κ1) is 20.3. The molecule has 0 radical (unpaired) electrons. The number of hydrogen-bond acceptors (Lipinski definition) is 8. The van der Waals surface area contributed by atoms with Gasteiger partial charge in [0.15, 0.2) is 23.0 Å². The van der Waals surface area contributed by atoms with Crippen LogP contribution in [0.3, 0.4) is 0 Å². The molecule has 2 fully saturated rings. The fourth-order valence-electron chi connectivity index (χ4n) is 7.41. The predicted octanol–water partition coefficient (Wildman–Crippen LogP) is 6.48. The van der Waals surface area contributed by atoms with Gasteiger partial charge in [0.05, 0.1) is 28.4 Å². The molecule has 2 aromatic carbocycles. The summed E-state index contributed by atoms with van der Waals surface area (Å²) in [7, 11) is 6.23. The molecular formula is C38H54N2O6. The van der Waals surface area contributed by atoms with Crippen molar-refractivity contribution in [2.24, 2.45) is 23.6 Å². The van der Waals surface area contributed by atoms with Crippen molar-refractivity contribution in [2.45, 2.75) is 78.0 Å². The van der Waals surface area contributed by atoms with Crippen LogP contribution in [0.1, 0.15) is 107 Å². The van der Waals surface area contributed by atoms with Crippen LogP contribution in [0.15, 0.2) is 24.3 Å². The molecule has 0 amide bonds. The molecule has 2 aromatic rings. The molecule has 0 spiro atoms. The Morgan fingerprint density at radius 2 is 1.04 bits per heavy atom. The van der Waals surface area contributed by atoms with Crippen LogP contribution in [-0.2, 0) is 22.4 Å². The first-order valence-electron chi connectivity index (χ1n) is 22.7. The number of carbonyl (C=O) groups excluding carboxylic acids is 2. The molecule has 0 bridgehead atoms. The number of ketones is 2. The lowest BCUT2D eigenvalue weighted by atomic mass is 9.80. The van der Waals surface area contributed by atoms with E-state index in [1.807, 2.05) is 24.3 Å². The van der Waals surface area contributed by atoms with Gasteiger partial charge in [-0.3, -0.25) is 19.4 Å². The Hall–Kier alpha value is -3.10. The number of fused-ring (bicyclic) bond motifs is 6. The number of nitrogens with zero attached hydrogens (tertiary/aromatic N) is 2. The third kappa shape index (κ3) is 7.23. The Morgan fingerprint density at radius 1 is 0.674 bits per heavy atom. The Labute approximate surface area is 295 Å². The number of carbonyl (C=O) groups is 2. The van der Waals surface area contributed by atoms with E-state index in [1.54, 1.807) is 28.4 Å². The third-order valence-corrected chi connectivity index (χ3v) is 9.74. The van der Waals surface area contributed by atoms with Crippen molar-refractivity contribution in [1.29, 1.82) is 0 Å². The highest BCUT2D eigenvalue weighted by Crippen LogP contribution is 2.44. The van der Waals surface area contributed by atoms with E-state index in [1.165, 1.54) is 0 Å². The lowest BCUT2D eigenvalue weighted by Gasteiger charge is -2.43. The van der Waals surface area contributed by atoms with E-state index in [0.29, 0.717) is 36.1 Å². The maximum atomic E-state index is 12.9. The van der Waals surface area contributed by atoms with Gasteiger partial charge < -0.3 is 18.9 Å². The minimum atomic E-state index is -3.02. The lowest BCUT2D eigenvalue weighted by molar-refractivity contribution is -0.130. The largest absolute Gasteiger partial charge is 0.493 e. The number of piperidine rings is 2. The summed E-state index contributed by atoms with van der Waals surface area (Å²) in [6.45, 7) is -10.3. The first-order chi connectivity index (χ1) is 27.6. The minimum Gasteiger partial charge on any atom is -0.493 e. The second kappa shape index (κ2) is 14.8. The zero-order chi connectivity index (χ0) is 45.0. The van der Waals surface area contributed by atoms with E-state index in [4.69, 9.17) is 38.1 Å². The van der Waals surface area contributed by atoms with Crippen LogP contribution in [0, 0.1) is 23.6 Å². The molecule has 8 nitrogen and oxygen atoms in total. The van der Waals surface area contributed by atoms with Gasteiger partial charge in [0, 0.05) is 82.1 Å². The van der Waals surface area contributed by atoms with Crippen LogP contribution in [0.25, 0.3) is 0 Å². The Morgan fingerprint density at radius 3 is 1.39 bits per heavy atom. The summed E-state index contributed by atoms with van der Waals surface area (Å²) in [6.07, 6.45) is 0.702. The van der Waals surface area contributed by atoms with E-state index in [0.717, 1.165) is 35.1 Å². The van der Waals surface area contributed by atoms with Crippen molar-refractivity contribution >= 4 is 11.6 Å². The van der Waals surface area contributed by atoms with E-state index in [9.17, 15) is 9.59 Å². The van der Waals surface area contributed by atoms with Crippen LogP contribution >= 0.6 is 0 Å². The van der Waals surface area contributed by atoms with Gasteiger partial charge in [-0.1, -0.05) is 27.4 Å². The second-order valence-corrected chi connectivity index (χ2v) is 12.4. The maximum Gasteiger partial charge on any atom is 0.161 e. The highest BCUT2D eigenvalue weighted by molar-refractivity contribution is 5.83. The Bertz CT molecular complexity index is 1750. The number of hydrogen-bond donors (Lipinski definition) is 0. The van der Waals surface area contributed by atoms with Crippen LogP contribution < -0.4 is 18.9 Å². The fourth-order valence-corrected chi connectivity index (χ4v) is 7.41. The van der Waals surface area contributed by atoms with Gasteiger partial charge in [-0.2, -0.15) is 0 Å². The summed E-state index contributed by atoms with van der Waals surface area (Å²) in [6, 6.07) is 7.22. The van der Waals surface area contributed by atoms with E-state index < -0.39 is 63.9 Å². The average molecular weight is 649 g/mol. The molecule has 0 aliphatic carbocycles. The lowest BCUT2D eigenvalue weighted by Crippen LogP contribution is -2.46. The van der Waals surface area contributed by atoms with Crippen molar-refractivity contribution < 1.29 is 47.7 Å². The smallest absolute Gasteiger partial charge is 0.161 e. The average Bonchev–Trinajstić information content (AvgIpc) is 3.15. The molecule has 6 rings (SSSR count). The number of benzene rings is 2. The predicted molar refractivity (Wildman–Crippen MR) is 180 cm³/mol. The zero-order valence-corrected chi connectivity index (χ0v) is 27.0. The van der Waals surface area contributed by atoms with Gasteiger partial charge in [-0.25, -0.2) is 0 Å².